The van der Waals surface area contributed by atoms with Gasteiger partial charge in [0.1, 0.15) is 32.4 Å². The molecular formula is C89H101NO10S3. The molecule has 12 rings (SSSR count). The van der Waals surface area contributed by atoms with Crippen molar-refractivity contribution >= 4 is 54.9 Å². The number of fused-ring (bicyclic) bond motifs is 3. The molecule has 0 bridgehead atoms. The molecule has 0 amide bonds. The fourth-order valence-electron chi connectivity index (χ4n) is 11.1. The molecule has 0 saturated heterocycles. The van der Waals surface area contributed by atoms with Gasteiger partial charge in [-0.05, 0) is 207 Å². The molecule has 540 valence electrons. The van der Waals surface area contributed by atoms with E-state index in [2.05, 4.69) is 199 Å². The van der Waals surface area contributed by atoms with Crippen molar-refractivity contribution in [2.75, 3.05) is 0 Å². The number of para-hydroxylation sites is 3. The first-order valence-corrected chi connectivity index (χ1v) is 39.2. The fourth-order valence-corrected chi connectivity index (χ4v) is 16.6. The van der Waals surface area contributed by atoms with E-state index in [4.69, 9.17) is 14.6 Å². The van der Waals surface area contributed by atoms with Crippen LogP contribution in [0, 0.1) is 0 Å². The van der Waals surface area contributed by atoms with Gasteiger partial charge in [0.2, 0.25) is 9.79 Å². The molecule has 11 aromatic rings. The van der Waals surface area contributed by atoms with Crippen LogP contribution in [-0.2, 0) is 42.2 Å². The smallest absolute Gasteiger partial charge is 0.419 e. The van der Waals surface area contributed by atoms with E-state index >= 15 is 0 Å². The van der Waals surface area contributed by atoms with E-state index in [1.165, 1.54) is 46.6 Å². The number of aromatic carboxylic acids is 1. The summed E-state index contributed by atoms with van der Waals surface area (Å²) in [5, 5.41) is 30.8. The van der Waals surface area contributed by atoms with Crippen LogP contribution in [0.3, 0.4) is 0 Å². The molecule has 1 aliphatic heterocycles. The second-order valence-corrected chi connectivity index (χ2v) is 32.7. The Morgan fingerprint density at radius 2 is 0.961 bits per heavy atom. The lowest BCUT2D eigenvalue weighted by Crippen LogP contribution is -2.33. The lowest BCUT2D eigenvalue weighted by molar-refractivity contribution is -0.255. The number of carbonyl (C=O) groups is 2. The number of aliphatic hydroxyl groups is 1. The summed E-state index contributed by atoms with van der Waals surface area (Å²) in [6, 6.07) is 87.2. The Kier molecular flexibility index (Phi) is 29.8. The molecule has 11 nitrogen and oxygen atoms in total. The first-order valence-electron chi connectivity index (χ1n) is 35.3. The van der Waals surface area contributed by atoms with Gasteiger partial charge in [-0.1, -0.05) is 240 Å². The predicted molar refractivity (Wildman–Crippen MR) is 419 cm³/mol. The quantitative estimate of drug-likeness (QED) is 0.0699. The van der Waals surface area contributed by atoms with Crippen molar-refractivity contribution in [3.8, 4) is 17.2 Å². The third kappa shape index (κ3) is 22.7. The van der Waals surface area contributed by atoms with Gasteiger partial charge in [0, 0.05) is 5.39 Å². The van der Waals surface area contributed by atoms with Crippen molar-refractivity contribution in [2.45, 2.75) is 198 Å². The number of phenols is 1. The van der Waals surface area contributed by atoms with Gasteiger partial charge in [0.25, 0.3) is 0 Å². The van der Waals surface area contributed by atoms with Crippen molar-refractivity contribution in [1.82, 2.24) is 4.57 Å². The number of nitrogens with zero attached hydrogens (tertiary/aromatic N) is 1. The van der Waals surface area contributed by atoms with Gasteiger partial charge >= 0.3 is 6.09 Å². The lowest BCUT2D eigenvalue weighted by Gasteiger charge is -2.24. The maximum Gasteiger partial charge on any atom is 0.419 e. The van der Waals surface area contributed by atoms with Crippen molar-refractivity contribution in [3.63, 3.8) is 0 Å². The number of phenolic OH excluding ortho intramolecular Hbond substituents is 1. The van der Waals surface area contributed by atoms with E-state index < -0.39 is 33.4 Å². The van der Waals surface area contributed by atoms with E-state index in [1.807, 2.05) is 115 Å². The fraction of sp³-hybridized carbons (Fsp3) is 0.281. The zero-order valence-corrected chi connectivity index (χ0v) is 64.6. The van der Waals surface area contributed by atoms with E-state index in [0.717, 1.165) is 40.0 Å². The highest BCUT2D eigenvalue weighted by molar-refractivity contribution is 7.97. The summed E-state index contributed by atoms with van der Waals surface area (Å²) in [7, 11) is -4.54. The molecule has 103 heavy (non-hydrogen) atoms. The van der Waals surface area contributed by atoms with E-state index in [9.17, 15) is 32.8 Å². The van der Waals surface area contributed by atoms with E-state index in [-0.39, 0.29) is 44.2 Å². The highest BCUT2D eigenvalue weighted by atomic mass is 32.2. The number of ether oxygens (including phenoxy) is 2. The van der Waals surface area contributed by atoms with Crippen LogP contribution in [0.15, 0.2) is 295 Å². The second kappa shape index (κ2) is 37.9. The van der Waals surface area contributed by atoms with Crippen molar-refractivity contribution in [1.29, 1.82) is 0 Å². The summed E-state index contributed by atoms with van der Waals surface area (Å²) in [4.78, 5) is 31.4. The van der Waals surface area contributed by atoms with Gasteiger partial charge in [0.15, 0.2) is 31.1 Å². The summed E-state index contributed by atoms with van der Waals surface area (Å²) in [5.74, 6) is 2.36. The number of hydrogen-bond donors (Lipinski definition) is 2. The molecule has 2 atom stereocenters. The summed E-state index contributed by atoms with van der Waals surface area (Å²) >= 11 is 0. The predicted octanol–water partition coefficient (Wildman–Crippen LogP) is 22.1. The Bertz CT molecular complexity index is 4420. The van der Waals surface area contributed by atoms with Crippen molar-refractivity contribution < 1.29 is 47.4 Å². The van der Waals surface area contributed by atoms with Crippen LogP contribution in [0.5, 0.6) is 17.2 Å². The highest BCUT2D eigenvalue weighted by Crippen LogP contribution is 2.47. The SMILES string of the molecule is CC(C)c1cc(C(C)C)c(S(=O)(=O)[O-])c(C(C)C)c1.CCC(C)(C)OC(=O)n1c(C(=O)[O-])cc2ccccc21.CCC(C)c1ccc(C(C)(C)O)cc1.CCC(C)c1cccc(O)c1.c1ccc([S+](c2ccccc2)c2ccccc2)cc1.c1ccc([S+]2c3ccccc3Oc3ccccc32)cc1. The average Bonchev–Trinajstić information content (AvgIpc) is 1.78. The Morgan fingerprint density at radius 1 is 0.524 bits per heavy atom. The molecule has 0 spiro atoms. The molecule has 2 unspecified atom stereocenters. The van der Waals surface area contributed by atoms with Gasteiger partial charge in [-0.15, -0.1) is 0 Å². The molecular weight excluding hydrogens is 1340 g/mol. The summed E-state index contributed by atoms with van der Waals surface area (Å²) < 4.78 is 47.3. The minimum atomic E-state index is -4.45. The third-order valence-corrected chi connectivity index (χ3v) is 23.3. The number of carbonyl (C=O) groups excluding carboxylic acids is 2. The van der Waals surface area contributed by atoms with Gasteiger partial charge in [-0.2, -0.15) is 0 Å². The highest BCUT2D eigenvalue weighted by Gasteiger charge is 2.39. The number of hydrogen-bond acceptors (Lipinski definition) is 10. The van der Waals surface area contributed by atoms with Crippen molar-refractivity contribution in [3.05, 3.63) is 300 Å². The molecule has 1 aliphatic rings. The van der Waals surface area contributed by atoms with Crippen LogP contribution in [0.1, 0.15) is 197 Å². The number of rotatable bonds is 16. The summed E-state index contributed by atoms with van der Waals surface area (Å²) in [5.41, 5.74) is 4.80. The Labute approximate surface area is 618 Å². The van der Waals surface area contributed by atoms with E-state index in [0.29, 0.717) is 52.0 Å². The molecule has 0 fully saturated rings. The first kappa shape index (κ1) is 81.2. The average molecular weight is 1440 g/mol. The lowest BCUT2D eigenvalue weighted by atomic mass is 9.89. The number of aromatic nitrogens is 1. The number of benzene rings is 10. The van der Waals surface area contributed by atoms with Crippen LogP contribution < -0.4 is 9.84 Å². The standard InChI is InChI=1S/C18H13OS.C18H15S.C15H17NO4.C15H24O3S.C13H20O.C10H14O/c1-2-8-14(9-3-1)20-17-12-6-4-10-15(17)19-16-11-5-7-13-18(16)20;1-4-10-16(11-5-1)19(17-12-6-2-7-13-17)18-14-8-3-9-15-18;1-4-15(2,3)20-14(19)16-11-8-6-5-7-10(11)9-12(16)13(17)18;1-9(2)12-7-13(10(3)4)15(19(16,17)18)14(8-12)11(5)6;1-5-10(2)11-6-8-12(9-7-11)13(3,4)14;1-3-8(2)9-5-4-6-10(11)7-9/h1-13H;1-15H;5-9H,4H2,1-3H3,(H,17,18);7-11H,1-6H3,(H,16,17,18);6-10,14H,5H2,1-4H3;4-8,11H,3H2,1-2H3/q2*+1;;;;/p-2. The van der Waals surface area contributed by atoms with Crippen LogP contribution in [-0.4, -0.2) is 45.4 Å². The minimum absolute atomic E-state index is 0.00919. The first-order chi connectivity index (χ1) is 49.0. The molecule has 0 aliphatic carbocycles. The normalized spacial score (nSPS) is 12.4. The minimum Gasteiger partial charge on any atom is -0.744 e. The molecule has 0 saturated carbocycles. The molecule has 10 aromatic carbocycles. The van der Waals surface area contributed by atoms with Crippen LogP contribution in [0.2, 0.25) is 0 Å². The van der Waals surface area contributed by atoms with Gasteiger partial charge in [-0.3, -0.25) is 0 Å². The van der Waals surface area contributed by atoms with Gasteiger partial charge in [0.05, 0.1) is 38.6 Å². The molecule has 1 aromatic heterocycles. The molecule has 2 N–H and O–H groups in total. The summed E-state index contributed by atoms with van der Waals surface area (Å²) in [6.45, 7) is 29.6. The maximum atomic E-state index is 12.3. The zero-order valence-electron chi connectivity index (χ0n) is 62.2. The third-order valence-electron chi connectivity index (χ3n) is 17.8. The molecule has 14 heteroatoms. The molecule has 0 radical (unpaired) electrons. The Hall–Kier alpha value is -9.15. The maximum absolute atomic E-state index is 12.3. The number of aromatic hydroxyl groups is 1. The van der Waals surface area contributed by atoms with Crippen LogP contribution in [0.4, 0.5) is 4.79 Å². The number of carboxylic acid groups (broad SMARTS) is 1. The number of carboxylic acids is 1. The second-order valence-electron chi connectivity index (χ2n) is 27.4. The van der Waals surface area contributed by atoms with Crippen LogP contribution in [0.25, 0.3) is 10.9 Å². The monoisotopic (exact) mass is 1440 g/mol. The Balaban J connectivity index is 0.000000175. The van der Waals surface area contributed by atoms with E-state index in [1.54, 1.807) is 44.2 Å². The largest absolute Gasteiger partial charge is 0.744 e. The zero-order chi connectivity index (χ0) is 75.2. The topological polar surface area (TPSA) is 178 Å². The van der Waals surface area contributed by atoms with Gasteiger partial charge < -0.3 is 34.1 Å². The van der Waals surface area contributed by atoms with Crippen LogP contribution >= 0.6 is 0 Å². The molecule has 2 heterocycles. The summed E-state index contributed by atoms with van der Waals surface area (Å²) in [6.07, 6.45) is 2.18. The van der Waals surface area contributed by atoms with Gasteiger partial charge in [-0.25, -0.2) is 17.8 Å². The Morgan fingerprint density at radius 3 is 1.38 bits per heavy atom. The van der Waals surface area contributed by atoms with Crippen molar-refractivity contribution in [2.24, 2.45) is 0 Å².